The molecule has 4 aromatic rings. The van der Waals surface area contributed by atoms with E-state index in [1.165, 1.54) is 22.7 Å². The number of hydrazine groups is 1. The highest BCUT2D eigenvalue weighted by molar-refractivity contribution is 7.09. The fourth-order valence-electron chi connectivity index (χ4n) is 5.29. The SMILES string of the molecule is CC(C)c1nc(CN(N)C(=O)N[C@H](C(=O)N[C@@H](Cc2ccccc2)C[C@H](O)[C@H](Cc2ccccc2)NC(=O)OCc2cncs2)C(C)C)cs1. The number of ether oxygens (including phenoxy) is 1. The number of thiazole rings is 2. The lowest BCUT2D eigenvalue weighted by Crippen LogP contribution is -2.57. The number of aromatic nitrogens is 2. The Hall–Kier alpha value is -4.37. The number of carbonyl (C=O) groups excluding carboxylic acids is 3. The van der Waals surface area contributed by atoms with Crippen LogP contribution in [-0.4, -0.2) is 62.3 Å². The van der Waals surface area contributed by atoms with E-state index < -0.39 is 42.3 Å². The minimum absolute atomic E-state index is 0.0582. The lowest BCUT2D eigenvalue weighted by molar-refractivity contribution is -0.124. The van der Waals surface area contributed by atoms with Crippen LogP contribution in [0.2, 0.25) is 0 Å². The first-order chi connectivity index (χ1) is 24.0. The highest BCUT2D eigenvalue weighted by atomic mass is 32.1. The van der Waals surface area contributed by atoms with Crippen molar-refractivity contribution in [2.45, 2.75) is 90.3 Å². The van der Waals surface area contributed by atoms with Crippen LogP contribution in [0.3, 0.4) is 0 Å². The van der Waals surface area contributed by atoms with Crippen LogP contribution in [-0.2, 0) is 35.5 Å². The average Bonchev–Trinajstić information content (AvgIpc) is 3.79. The second kappa shape index (κ2) is 19.1. The van der Waals surface area contributed by atoms with Gasteiger partial charge in [0.2, 0.25) is 5.91 Å². The Balaban J connectivity index is 1.46. The molecule has 0 aliphatic carbocycles. The first-order valence-corrected chi connectivity index (χ1v) is 18.4. The van der Waals surface area contributed by atoms with Crippen LogP contribution in [0.25, 0.3) is 0 Å². The Bertz CT molecular complexity index is 1620. The molecule has 6 N–H and O–H groups in total. The minimum atomic E-state index is -1.07. The van der Waals surface area contributed by atoms with E-state index in [1.54, 1.807) is 11.7 Å². The second-order valence-corrected chi connectivity index (χ2v) is 14.7. The molecule has 0 unspecified atom stereocenters. The molecule has 0 bridgehead atoms. The summed E-state index contributed by atoms with van der Waals surface area (Å²) in [5, 5.41) is 24.2. The Morgan fingerprint density at radius 1 is 0.920 bits per heavy atom. The zero-order chi connectivity index (χ0) is 36.0. The molecule has 0 saturated heterocycles. The molecule has 4 atom stereocenters. The normalized spacial score (nSPS) is 13.7. The summed E-state index contributed by atoms with van der Waals surface area (Å²) < 4.78 is 5.41. The van der Waals surface area contributed by atoms with Crippen LogP contribution >= 0.6 is 22.7 Å². The molecule has 0 aliphatic rings. The number of aliphatic hydroxyl groups is 1. The van der Waals surface area contributed by atoms with Gasteiger partial charge in [-0.05, 0) is 36.3 Å². The Morgan fingerprint density at radius 3 is 2.16 bits per heavy atom. The first-order valence-electron chi connectivity index (χ1n) is 16.6. The van der Waals surface area contributed by atoms with Crippen LogP contribution < -0.4 is 21.8 Å². The Kier molecular flexibility index (Phi) is 14.7. The molecule has 0 radical (unpaired) electrons. The highest BCUT2D eigenvalue weighted by Crippen LogP contribution is 2.20. The number of rotatable bonds is 17. The molecule has 2 aromatic heterocycles. The van der Waals surface area contributed by atoms with Crippen molar-refractivity contribution in [2.24, 2.45) is 11.8 Å². The smallest absolute Gasteiger partial charge is 0.407 e. The molecular formula is C36H47N7O5S2. The number of nitrogens with one attached hydrogen (secondary N) is 3. The van der Waals surface area contributed by atoms with Crippen molar-refractivity contribution in [2.75, 3.05) is 0 Å². The summed E-state index contributed by atoms with van der Waals surface area (Å²) in [7, 11) is 0. The van der Waals surface area contributed by atoms with Crippen LogP contribution in [0.4, 0.5) is 9.59 Å². The largest absolute Gasteiger partial charge is 0.444 e. The summed E-state index contributed by atoms with van der Waals surface area (Å²) in [6, 6.07) is 16.3. The van der Waals surface area contributed by atoms with E-state index in [0.717, 1.165) is 26.0 Å². The van der Waals surface area contributed by atoms with Crippen LogP contribution in [0.1, 0.15) is 66.7 Å². The number of aliphatic hydroxyl groups excluding tert-OH is 1. The van der Waals surface area contributed by atoms with E-state index in [1.807, 2.05) is 93.7 Å². The van der Waals surface area contributed by atoms with Crippen LogP contribution in [0.5, 0.6) is 0 Å². The number of hydrogen-bond acceptors (Lipinski definition) is 10. The second-order valence-electron chi connectivity index (χ2n) is 12.8. The van der Waals surface area contributed by atoms with E-state index >= 15 is 0 Å². The predicted octanol–water partition coefficient (Wildman–Crippen LogP) is 5.15. The summed E-state index contributed by atoms with van der Waals surface area (Å²) >= 11 is 2.89. The molecule has 0 spiro atoms. The summed E-state index contributed by atoms with van der Waals surface area (Å²) in [4.78, 5) is 49.2. The summed E-state index contributed by atoms with van der Waals surface area (Å²) in [5.41, 5.74) is 4.19. The van der Waals surface area contributed by atoms with Crippen molar-refractivity contribution < 1.29 is 24.2 Å². The van der Waals surface area contributed by atoms with Gasteiger partial charge in [0, 0.05) is 23.5 Å². The highest BCUT2D eigenvalue weighted by Gasteiger charge is 2.31. The maximum atomic E-state index is 13.8. The van der Waals surface area contributed by atoms with Gasteiger partial charge in [-0.1, -0.05) is 88.4 Å². The van der Waals surface area contributed by atoms with E-state index in [9.17, 15) is 19.5 Å². The van der Waals surface area contributed by atoms with Crippen molar-refractivity contribution in [3.63, 3.8) is 0 Å². The standard InChI is InChI=1S/C36H47N7O5S2/c1-23(2)32(42-35(46)43(37)19-28-21-49-34(40-28)24(3)4)33(45)39-27(15-25-11-7-5-8-12-25)17-31(44)30(16-26-13-9-6-10-14-26)41-36(47)48-20-29-18-38-22-50-29/h5-14,18,21-24,27,30-32,44H,15-17,19-20,37H2,1-4H3,(H,39,45)(H,41,47)(H,42,46)/t27-,30-,31-,32-/m0/s1. The van der Waals surface area contributed by atoms with Gasteiger partial charge in [-0.25, -0.2) is 20.4 Å². The fraction of sp³-hybridized carbons (Fsp3) is 0.417. The molecule has 2 heterocycles. The third-order valence-corrected chi connectivity index (χ3v) is 9.92. The van der Waals surface area contributed by atoms with Crippen LogP contribution in [0, 0.1) is 5.92 Å². The van der Waals surface area contributed by atoms with Gasteiger partial charge in [-0.3, -0.25) is 14.8 Å². The lowest BCUT2D eigenvalue weighted by atomic mass is 9.93. The maximum Gasteiger partial charge on any atom is 0.407 e. The number of amides is 4. The van der Waals surface area contributed by atoms with Crippen LogP contribution in [0.15, 0.2) is 77.8 Å². The zero-order valence-electron chi connectivity index (χ0n) is 28.8. The van der Waals surface area contributed by atoms with Crippen molar-refractivity contribution >= 4 is 40.7 Å². The Labute approximate surface area is 301 Å². The Morgan fingerprint density at radius 2 is 1.58 bits per heavy atom. The minimum Gasteiger partial charge on any atom is -0.444 e. The molecule has 0 fully saturated rings. The van der Waals surface area contributed by atoms with Gasteiger partial charge < -0.3 is 25.8 Å². The fourth-order valence-corrected chi connectivity index (χ4v) is 6.62. The molecule has 268 valence electrons. The van der Waals surface area contributed by atoms with Gasteiger partial charge >= 0.3 is 12.1 Å². The molecule has 14 heteroatoms. The number of hydrogen-bond donors (Lipinski definition) is 5. The number of nitrogens with zero attached hydrogens (tertiary/aromatic N) is 3. The molecule has 50 heavy (non-hydrogen) atoms. The molecule has 12 nitrogen and oxygen atoms in total. The van der Waals surface area contributed by atoms with Crippen molar-refractivity contribution in [1.82, 2.24) is 30.9 Å². The summed E-state index contributed by atoms with van der Waals surface area (Å²) in [5.74, 6) is 5.68. The first kappa shape index (κ1) is 38.4. The van der Waals surface area contributed by atoms with E-state index in [-0.39, 0.29) is 31.4 Å². The van der Waals surface area contributed by atoms with Crippen molar-refractivity contribution in [1.29, 1.82) is 0 Å². The van der Waals surface area contributed by atoms with Crippen molar-refractivity contribution in [3.8, 4) is 0 Å². The third-order valence-electron chi connectivity index (χ3n) is 7.98. The quantitative estimate of drug-likeness (QED) is 0.0566. The number of urea groups is 1. The molecular weight excluding hydrogens is 675 g/mol. The number of benzene rings is 2. The molecule has 0 saturated carbocycles. The number of nitrogens with two attached hydrogens (primary N) is 1. The monoisotopic (exact) mass is 721 g/mol. The van der Waals surface area contributed by atoms with Gasteiger partial charge in [-0.15, -0.1) is 22.7 Å². The topological polar surface area (TPSA) is 172 Å². The number of carbonyl (C=O) groups is 3. The molecule has 4 rings (SSSR count). The van der Waals surface area contributed by atoms with Gasteiger partial charge in [0.1, 0.15) is 12.6 Å². The van der Waals surface area contributed by atoms with Gasteiger partial charge in [-0.2, -0.15) is 0 Å². The average molecular weight is 722 g/mol. The predicted molar refractivity (Wildman–Crippen MR) is 195 cm³/mol. The van der Waals surface area contributed by atoms with Crippen molar-refractivity contribution in [3.05, 3.63) is 104 Å². The third kappa shape index (κ3) is 12.2. The van der Waals surface area contributed by atoms with E-state index in [4.69, 9.17) is 10.6 Å². The van der Waals surface area contributed by atoms with E-state index in [0.29, 0.717) is 18.5 Å². The maximum absolute atomic E-state index is 13.8. The summed E-state index contributed by atoms with van der Waals surface area (Å²) in [6.45, 7) is 7.91. The number of alkyl carbamates (subject to hydrolysis) is 1. The van der Waals surface area contributed by atoms with Gasteiger partial charge in [0.15, 0.2) is 0 Å². The van der Waals surface area contributed by atoms with Gasteiger partial charge in [0.25, 0.3) is 0 Å². The molecule has 0 aliphatic heterocycles. The zero-order valence-corrected chi connectivity index (χ0v) is 30.5. The van der Waals surface area contributed by atoms with Gasteiger partial charge in [0.05, 0.1) is 39.8 Å². The van der Waals surface area contributed by atoms with E-state index in [2.05, 4.69) is 25.9 Å². The summed E-state index contributed by atoms with van der Waals surface area (Å²) in [6.07, 6.45) is 0.734. The lowest BCUT2D eigenvalue weighted by Gasteiger charge is -2.30. The molecule has 4 amide bonds. The molecule has 2 aromatic carbocycles.